The first kappa shape index (κ1) is 17.7. The molecule has 1 aromatic rings. The number of carbonyl (C=O) groups excluding carboxylic acids is 2. The van der Waals surface area contributed by atoms with Gasteiger partial charge in [-0.3, -0.25) is 14.9 Å². The van der Waals surface area contributed by atoms with Gasteiger partial charge < -0.3 is 15.4 Å². The number of nitrogens with one attached hydrogen (secondary N) is 2. The average molecular weight is 335 g/mol. The van der Waals surface area contributed by atoms with Gasteiger partial charge in [-0.15, -0.1) is 0 Å². The van der Waals surface area contributed by atoms with Gasteiger partial charge in [0.15, 0.2) is 6.10 Å². The number of nitro benzene ring substituents is 1. The molecule has 1 aliphatic rings. The summed E-state index contributed by atoms with van der Waals surface area (Å²) in [6.07, 6.45) is 1.76. The van der Waals surface area contributed by atoms with E-state index in [9.17, 15) is 19.7 Å². The van der Waals surface area contributed by atoms with Crippen LogP contribution in [0.25, 0.3) is 0 Å². The van der Waals surface area contributed by atoms with Crippen molar-refractivity contribution in [3.63, 3.8) is 0 Å². The number of anilines is 1. The second-order valence-corrected chi connectivity index (χ2v) is 5.75. The minimum atomic E-state index is -0.965. The van der Waals surface area contributed by atoms with Crippen LogP contribution >= 0.6 is 0 Å². The third-order valence-corrected chi connectivity index (χ3v) is 3.57. The van der Waals surface area contributed by atoms with E-state index in [2.05, 4.69) is 10.6 Å². The van der Waals surface area contributed by atoms with E-state index in [0.29, 0.717) is 12.2 Å². The van der Waals surface area contributed by atoms with Gasteiger partial charge in [-0.25, -0.2) is 4.79 Å². The second-order valence-electron chi connectivity index (χ2n) is 5.75. The molecule has 0 heterocycles. The normalized spacial score (nSPS) is 14.6. The Labute approximate surface area is 139 Å². The van der Waals surface area contributed by atoms with Crippen LogP contribution < -0.4 is 10.6 Å². The van der Waals surface area contributed by atoms with Crippen LogP contribution in [-0.2, 0) is 9.53 Å². The van der Waals surface area contributed by atoms with Gasteiger partial charge in [0.1, 0.15) is 5.69 Å². The summed E-state index contributed by atoms with van der Waals surface area (Å²) in [7, 11) is 0. The van der Waals surface area contributed by atoms with Crippen LogP contribution in [0.1, 0.15) is 43.5 Å². The fourth-order valence-electron chi connectivity index (χ4n) is 2.05. The van der Waals surface area contributed by atoms with Crippen molar-refractivity contribution in [1.29, 1.82) is 0 Å². The zero-order chi connectivity index (χ0) is 17.7. The zero-order valence-corrected chi connectivity index (χ0v) is 13.7. The molecule has 8 heteroatoms. The molecule has 24 heavy (non-hydrogen) atoms. The highest BCUT2D eigenvalue weighted by atomic mass is 16.6. The molecule has 0 aliphatic heterocycles. The van der Waals surface area contributed by atoms with E-state index in [1.54, 1.807) is 0 Å². The Kier molecular flexibility index (Phi) is 5.73. The Balaban J connectivity index is 2.07. The van der Waals surface area contributed by atoms with Crippen LogP contribution in [0.4, 0.5) is 11.4 Å². The van der Waals surface area contributed by atoms with Gasteiger partial charge in [-0.2, -0.15) is 0 Å². The van der Waals surface area contributed by atoms with E-state index >= 15 is 0 Å². The molecule has 2 rings (SSSR count). The molecule has 1 atom stereocenters. The van der Waals surface area contributed by atoms with E-state index in [1.165, 1.54) is 25.1 Å². The van der Waals surface area contributed by atoms with Crippen molar-refractivity contribution in [2.24, 2.45) is 0 Å². The van der Waals surface area contributed by atoms with Crippen molar-refractivity contribution in [3.05, 3.63) is 33.9 Å². The largest absolute Gasteiger partial charge is 0.449 e. The monoisotopic (exact) mass is 335 g/mol. The first-order valence-corrected chi connectivity index (χ1v) is 7.96. The Hall–Kier alpha value is -2.64. The maximum Gasteiger partial charge on any atom is 0.339 e. The molecule has 1 aliphatic carbocycles. The summed E-state index contributed by atoms with van der Waals surface area (Å²) in [4.78, 5) is 34.5. The van der Waals surface area contributed by atoms with Gasteiger partial charge in [-0.05, 0) is 38.3 Å². The molecule has 0 aromatic heterocycles. The predicted octanol–water partition coefficient (Wildman–Crippen LogP) is 2.24. The van der Waals surface area contributed by atoms with E-state index < -0.39 is 22.9 Å². The third kappa shape index (κ3) is 4.68. The van der Waals surface area contributed by atoms with E-state index in [4.69, 9.17) is 4.74 Å². The Morgan fingerprint density at radius 3 is 2.71 bits per heavy atom. The van der Waals surface area contributed by atoms with E-state index in [-0.39, 0.29) is 17.3 Å². The van der Waals surface area contributed by atoms with Gasteiger partial charge in [0.25, 0.3) is 11.6 Å². The fraction of sp³-hybridized carbons (Fsp3) is 0.500. The maximum atomic E-state index is 12.1. The molecule has 1 amide bonds. The van der Waals surface area contributed by atoms with Crippen LogP contribution in [0.5, 0.6) is 0 Å². The molecule has 1 aromatic carbocycles. The molecule has 0 saturated heterocycles. The lowest BCUT2D eigenvalue weighted by Crippen LogP contribution is -2.36. The molecular formula is C16H21N3O5. The molecule has 0 radical (unpaired) electrons. The number of nitrogens with zero attached hydrogens (tertiary/aromatic N) is 1. The summed E-state index contributed by atoms with van der Waals surface area (Å²) in [5.41, 5.74) is 0.241. The van der Waals surface area contributed by atoms with Crippen LogP contribution in [-0.4, -0.2) is 35.5 Å². The number of hydrogen-bond donors (Lipinski definition) is 2. The number of carbonyl (C=O) groups is 2. The Morgan fingerprint density at radius 1 is 1.42 bits per heavy atom. The summed E-state index contributed by atoms with van der Waals surface area (Å²) in [6.45, 7) is 3.86. The van der Waals surface area contributed by atoms with Gasteiger partial charge in [0.05, 0.1) is 10.5 Å². The number of benzene rings is 1. The molecule has 1 saturated carbocycles. The Morgan fingerprint density at radius 2 is 2.12 bits per heavy atom. The van der Waals surface area contributed by atoms with Crippen LogP contribution in [0.2, 0.25) is 0 Å². The van der Waals surface area contributed by atoms with Crippen molar-refractivity contribution in [1.82, 2.24) is 5.32 Å². The molecular weight excluding hydrogens is 314 g/mol. The highest BCUT2D eigenvalue weighted by molar-refractivity contribution is 5.93. The second kappa shape index (κ2) is 7.76. The lowest BCUT2D eigenvalue weighted by atomic mass is 10.1. The average Bonchev–Trinajstić information content (AvgIpc) is 3.36. The van der Waals surface area contributed by atoms with Gasteiger partial charge >= 0.3 is 5.97 Å². The number of amides is 1. The highest BCUT2D eigenvalue weighted by Crippen LogP contribution is 2.31. The number of hydrogen-bond acceptors (Lipinski definition) is 6. The van der Waals surface area contributed by atoms with Gasteiger partial charge in [-0.1, -0.05) is 6.92 Å². The minimum absolute atomic E-state index is 0.0400. The summed E-state index contributed by atoms with van der Waals surface area (Å²) >= 11 is 0. The number of esters is 1. The molecule has 8 nitrogen and oxygen atoms in total. The molecule has 2 N–H and O–H groups in total. The van der Waals surface area contributed by atoms with Crippen molar-refractivity contribution in [2.75, 3.05) is 11.9 Å². The topological polar surface area (TPSA) is 111 Å². The van der Waals surface area contributed by atoms with E-state index in [1.807, 2.05) is 6.92 Å². The van der Waals surface area contributed by atoms with Crippen LogP contribution in [0.15, 0.2) is 18.2 Å². The summed E-state index contributed by atoms with van der Waals surface area (Å²) in [5.74, 6) is -1.16. The van der Waals surface area contributed by atoms with Gasteiger partial charge in [0.2, 0.25) is 0 Å². The van der Waals surface area contributed by atoms with E-state index in [0.717, 1.165) is 19.3 Å². The van der Waals surface area contributed by atoms with Crippen molar-refractivity contribution in [2.45, 2.75) is 45.3 Å². The minimum Gasteiger partial charge on any atom is -0.449 e. The summed E-state index contributed by atoms with van der Waals surface area (Å²) < 4.78 is 5.07. The molecule has 0 unspecified atom stereocenters. The number of nitro groups is 1. The highest BCUT2D eigenvalue weighted by Gasteiger charge is 2.26. The third-order valence-electron chi connectivity index (χ3n) is 3.57. The van der Waals surface area contributed by atoms with Crippen LogP contribution in [0.3, 0.4) is 0 Å². The molecule has 0 spiro atoms. The molecule has 1 fully saturated rings. The number of rotatable bonds is 8. The smallest absolute Gasteiger partial charge is 0.339 e. The SMILES string of the molecule is CCCNC(=O)[C@@H](C)OC(=O)c1ccc(NC2CC2)c([N+](=O)[O-])c1. The number of ether oxygens (including phenoxy) is 1. The lowest BCUT2D eigenvalue weighted by molar-refractivity contribution is -0.384. The molecule has 130 valence electrons. The Bertz CT molecular complexity index is 643. The van der Waals surface area contributed by atoms with Crippen molar-refractivity contribution < 1.29 is 19.2 Å². The fourth-order valence-corrected chi connectivity index (χ4v) is 2.05. The first-order chi connectivity index (χ1) is 11.4. The summed E-state index contributed by atoms with van der Waals surface area (Å²) in [5, 5.41) is 16.9. The predicted molar refractivity (Wildman–Crippen MR) is 87.9 cm³/mol. The van der Waals surface area contributed by atoms with Gasteiger partial charge in [0, 0.05) is 18.7 Å². The van der Waals surface area contributed by atoms with Crippen LogP contribution in [0, 0.1) is 10.1 Å². The van der Waals surface area contributed by atoms with Crippen molar-refractivity contribution in [3.8, 4) is 0 Å². The van der Waals surface area contributed by atoms with Crippen molar-refractivity contribution >= 4 is 23.3 Å². The standard InChI is InChI=1S/C16H21N3O5/c1-3-8-17-15(20)10(2)24-16(21)11-4-7-13(18-12-5-6-12)14(9-11)19(22)23/h4,7,9-10,12,18H,3,5-6,8H2,1-2H3,(H,17,20)/t10-/m1/s1. The molecule has 0 bridgehead atoms. The summed E-state index contributed by atoms with van der Waals surface area (Å²) in [6, 6.07) is 4.37. The lowest BCUT2D eigenvalue weighted by Gasteiger charge is -2.13. The maximum absolute atomic E-state index is 12.1. The quantitative estimate of drug-likeness (QED) is 0.428. The first-order valence-electron chi connectivity index (χ1n) is 7.96. The zero-order valence-electron chi connectivity index (χ0n) is 13.7.